The maximum absolute atomic E-state index is 13.0. The molecule has 1 amide bonds. The van der Waals surface area contributed by atoms with Gasteiger partial charge in [-0.15, -0.1) is 0 Å². The Hall–Kier alpha value is -2.16. The molecule has 0 N–H and O–H groups in total. The lowest BCUT2D eigenvalue weighted by Gasteiger charge is -2.32. The van der Waals surface area contributed by atoms with E-state index in [1.165, 1.54) is 12.1 Å². The van der Waals surface area contributed by atoms with Gasteiger partial charge in [-0.3, -0.25) is 4.79 Å². The van der Waals surface area contributed by atoms with E-state index in [9.17, 15) is 9.18 Å². The van der Waals surface area contributed by atoms with Crippen LogP contribution in [0, 0.1) is 5.82 Å². The van der Waals surface area contributed by atoms with Crippen LogP contribution in [0.4, 0.5) is 4.39 Å². The standard InChI is InChI=1S/C18H18FNO/c19-17-8-6-15(7-9-17)16-10-11-20(18(21)12-16)13-14-4-2-1-3-5-14/h1-9,16H,10-13H2/t16-/m0/s1. The van der Waals surface area contributed by atoms with Gasteiger partial charge >= 0.3 is 0 Å². The molecule has 0 spiro atoms. The first-order valence-electron chi connectivity index (χ1n) is 7.29. The number of halogens is 1. The van der Waals surface area contributed by atoms with Crippen LogP contribution in [0.5, 0.6) is 0 Å². The van der Waals surface area contributed by atoms with Gasteiger partial charge in [-0.1, -0.05) is 42.5 Å². The maximum atomic E-state index is 13.0. The number of hydrogen-bond donors (Lipinski definition) is 0. The number of likely N-dealkylation sites (tertiary alicyclic amines) is 1. The first kappa shape index (κ1) is 13.8. The molecule has 0 bridgehead atoms. The van der Waals surface area contributed by atoms with Crippen LogP contribution in [0.3, 0.4) is 0 Å². The first-order valence-corrected chi connectivity index (χ1v) is 7.29. The van der Waals surface area contributed by atoms with Gasteiger partial charge in [-0.2, -0.15) is 0 Å². The van der Waals surface area contributed by atoms with Crippen LogP contribution >= 0.6 is 0 Å². The third kappa shape index (κ3) is 3.30. The summed E-state index contributed by atoms with van der Waals surface area (Å²) in [7, 11) is 0. The second-order valence-electron chi connectivity index (χ2n) is 5.54. The van der Waals surface area contributed by atoms with Crippen molar-refractivity contribution in [3.05, 3.63) is 71.5 Å². The highest BCUT2D eigenvalue weighted by Gasteiger charge is 2.26. The van der Waals surface area contributed by atoms with Gasteiger partial charge in [0.1, 0.15) is 5.82 Å². The zero-order chi connectivity index (χ0) is 14.7. The topological polar surface area (TPSA) is 20.3 Å². The summed E-state index contributed by atoms with van der Waals surface area (Å²) in [5.41, 5.74) is 2.22. The molecule has 1 saturated heterocycles. The number of amides is 1. The van der Waals surface area contributed by atoms with E-state index in [4.69, 9.17) is 0 Å². The molecule has 3 rings (SSSR count). The van der Waals surface area contributed by atoms with Crippen LogP contribution in [0.1, 0.15) is 29.9 Å². The summed E-state index contributed by atoms with van der Waals surface area (Å²) in [5.74, 6) is 0.163. The van der Waals surface area contributed by atoms with Crippen LogP contribution in [-0.4, -0.2) is 17.4 Å². The van der Waals surface area contributed by atoms with E-state index in [-0.39, 0.29) is 17.6 Å². The number of nitrogens with zero attached hydrogens (tertiary/aromatic N) is 1. The molecule has 0 aromatic heterocycles. The van der Waals surface area contributed by atoms with Crippen molar-refractivity contribution < 1.29 is 9.18 Å². The van der Waals surface area contributed by atoms with Crippen LogP contribution in [0.15, 0.2) is 54.6 Å². The molecule has 108 valence electrons. The number of rotatable bonds is 3. The van der Waals surface area contributed by atoms with E-state index in [0.29, 0.717) is 13.0 Å². The summed E-state index contributed by atoms with van der Waals surface area (Å²) in [5, 5.41) is 0. The molecule has 0 saturated carbocycles. The van der Waals surface area contributed by atoms with Gasteiger partial charge in [0.2, 0.25) is 5.91 Å². The minimum atomic E-state index is -0.230. The molecule has 0 unspecified atom stereocenters. The average Bonchev–Trinajstić information content (AvgIpc) is 2.51. The summed E-state index contributed by atoms with van der Waals surface area (Å²) in [6.45, 7) is 1.44. The lowest BCUT2D eigenvalue weighted by molar-refractivity contribution is -0.134. The monoisotopic (exact) mass is 283 g/mol. The van der Waals surface area contributed by atoms with Gasteiger partial charge in [0.25, 0.3) is 0 Å². The largest absolute Gasteiger partial charge is 0.338 e. The summed E-state index contributed by atoms with van der Waals surface area (Å²) < 4.78 is 13.0. The van der Waals surface area contributed by atoms with Gasteiger partial charge in [0.15, 0.2) is 0 Å². The molecule has 0 aliphatic carbocycles. The molecule has 2 aromatic carbocycles. The Morgan fingerprint density at radius 1 is 1.05 bits per heavy atom. The highest BCUT2D eigenvalue weighted by Crippen LogP contribution is 2.29. The number of carbonyl (C=O) groups excluding carboxylic acids is 1. The molecule has 1 aliphatic heterocycles. The van der Waals surface area contributed by atoms with Crippen LogP contribution in [-0.2, 0) is 11.3 Å². The third-order valence-electron chi connectivity index (χ3n) is 4.08. The Kier molecular flexibility index (Phi) is 4.00. The Bertz CT molecular complexity index is 609. The fourth-order valence-corrected chi connectivity index (χ4v) is 2.87. The maximum Gasteiger partial charge on any atom is 0.223 e. The zero-order valence-electron chi connectivity index (χ0n) is 11.8. The highest BCUT2D eigenvalue weighted by molar-refractivity contribution is 5.78. The highest BCUT2D eigenvalue weighted by atomic mass is 19.1. The molecule has 2 aromatic rings. The molecular formula is C18H18FNO. The smallest absolute Gasteiger partial charge is 0.223 e. The van der Waals surface area contributed by atoms with Crippen molar-refractivity contribution in [1.82, 2.24) is 4.90 Å². The number of carbonyl (C=O) groups is 1. The van der Waals surface area contributed by atoms with Crippen molar-refractivity contribution in [3.63, 3.8) is 0 Å². The van der Waals surface area contributed by atoms with Crippen molar-refractivity contribution in [2.75, 3.05) is 6.54 Å². The van der Waals surface area contributed by atoms with Gasteiger partial charge in [-0.25, -0.2) is 4.39 Å². The van der Waals surface area contributed by atoms with Crippen molar-refractivity contribution >= 4 is 5.91 Å². The lowest BCUT2D eigenvalue weighted by Crippen LogP contribution is -2.37. The van der Waals surface area contributed by atoms with E-state index in [0.717, 1.165) is 24.1 Å². The quantitative estimate of drug-likeness (QED) is 0.840. The van der Waals surface area contributed by atoms with E-state index < -0.39 is 0 Å². The van der Waals surface area contributed by atoms with Gasteiger partial charge < -0.3 is 4.90 Å². The van der Waals surface area contributed by atoms with Crippen LogP contribution in [0.2, 0.25) is 0 Å². The number of hydrogen-bond acceptors (Lipinski definition) is 1. The summed E-state index contributed by atoms with van der Waals surface area (Å²) in [4.78, 5) is 14.2. The second-order valence-corrected chi connectivity index (χ2v) is 5.54. The predicted octanol–water partition coefficient (Wildman–Crippen LogP) is 3.73. The third-order valence-corrected chi connectivity index (χ3v) is 4.08. The average molecular weight is 283 g/mol. The molecule has 1 aliphatic rings. The van der Waals surface area contributed by atoms with Gasteiger partial charge in [-0.05, 0) is 35.6 Å². The molecule has 3 heteroatoms. The zero-order valence-corrected chi connectivity index (χ0v) is 11.8. The fraction of sp³-hybridized carbons (Fsp3) is 0.278. The Morgan fingerprint density at radius 3 is 2.43 bits per heavy atom. The van der Waals surface area contributed by atoms with Gasteiger partial charge in [0.05, 0.1) is 0 Å². The van der Waals surface area contributed by atoms with E-state index >= 15 is 0 Å². The van der Waals surface area contributed by atoms with Crippen LogP contribution < -0.4 is 0 Å². The normalized spacial score (nSPS) is 18.8. The Balaban J connectivity index is 1.64. The molecule has 21 heavy (non-hydrogen) atoms. The molecule has 0 radical (unpaired) electrons. The van der Waals surface area contributed by atoms with Crippen molar-refractivity contribution in [3.8, 4) is 0 Å². The Morgan fingerprint density at radius 2 is 1.76 bits per heavy atom. The molecule has 1 atom stereocenters. The fourth-order valence-electron chi connectivity index (χ4n) is 2.87. The van der Waals surface area contributed by atoms with Crippen molar-refractivity contribution in [2.24, 2.45) is 0 Å². The van der Waals surface area contributed by atoms with E-state index in [1.807, 2.05) is 35.2 Å². The van der Waals surface area contributed by atoms with Crippen molar-refractivity contribution in [1.29, 1.82) is 0 Å². The lowest BCUT2D eigenvalue weighted by atomic mass is 9.89. The van der Waals surface area contributed by atoms with Crippen LogP contribution in [0.25, 0.3) is 0 Å². The molecular weight excluding hydrogens is 265 g/mol. The van der Waals surface area contributed by atoms with Gasteiger partial charge in [0, 0.05) is 19.5 Å². The molecule has 1 fully saturated rings. The Labute approximate surface area is 124 Å². The van der Waals surface area contributed by atoms with Crippen molar-refractivity contribution in [2.45, 2.75) is 25.3 Å². The minimum Gasteiger partial charge on any atom is -0.338 e. The summed E-state index contributed by atoms with van der Waals surface area (Å²) >= 11 is 0. The second kappa shape index (κ2) is 6.08. The SMILES string of the molecule is O=C1C[C@@H](c2ccc(F)cc2)CCN1Cc1ccccc1. The number of benzene rings is 2. The molecule has 2 nitrogen and oxygen atoms in total. The predicted molar refractivity (Wildman–Crippen MR) is 80.2 cm³/mol. The minimum absolute atomic E-state index is 0.180. The molecule has 1 heterocycles. The first-order chi connectivity index (χ1) is 10.2. The summed E-state index contributed by atoms with van der Waals surface area (Å²) in [6, 6.07) is 16.6. The number of piperidine rings is 1. The van der Waals surface area contributed by atoms with E-state index in [1.54, 1.807) is 12.1 Å². The summed E-state index contributed by atoms with van der Waals surface area (Å²) in [6.07, 6.45) is 1.45. The van der Waals surface area contributed by atoms with E-state index in [2.05, 4.69) is 0 Å².